The van der Waals surface area contributed by atoms with Gasteiger partial charge >= 0.3 is 0 Å². The van der Waals surface area contributed by atoms with Gasteiger partial charge in [0.25, 0.3) is 0 Å². The lowest BCUT2D eigenvalue weighted by Gasteiger charge is -2.16. The summed E-state index contributed by atoms with van der Waals surface area (Å²) in [7, 11) is 0. The highest BCUT2D eigenvalue weighted by atomic mass is 16.4. The van der Waals surface area contributed by atoms with E-state index in [-0.39, 0.29) is 0 Å². The molecule has 0 aliphatic carbocycles. The SMILES string of the molecule is CCCc1ccc2c(c1)c1cc(CCC)ccc1n2-c1ccc(-c2ccccc2-c2ccccc2-c2ccc(-c3nnc(-c4ccccc4)o3)cc2)cc1. The molecule has 4 heteroatoms. The lowest BCUT2D eigenvalue weighted by Crippen LogP contribution is -1.95. The van der Waals surface area contributed by atoms with Crippen molar-refractivity contribution in [2.75, 3.05) is 0 Å². The zero-order valence-corrected chi connectivity index (χ0v) is 30.7. The van der Waals surface area contributed by atoms with E-state index in [1.807, 2.05) is 30.3 Å². The van der Waals surface area contributed by atoms with Crippen LogP contribution in [0.15, 0.2) is 168 Å². The first-order valence-corrected chi connectivity index (χ1v) is 19.0. The van der Waals surface area contributed by atoms with Crippen molar-refractivity contribution < 1.29 is 4.42 Å². The number of hydrogen-bond acceptors (Lipinski definition) is 3. The van der Waals surface area contributed by atoms with Crippen LogP contribution in [0, 0.1) is 0 Å². The molecule has 0 atom stereocenters. The molecule has 0 aliphatic rings. The maximum absolute atomic E-state index is 6.04. The van der Waals surface area contributed by atoms with Crippen molar-refractivity contribution in [1.82, 2.24) is 14.8 Å². The van der Waals surface area contributed by atoms with E-state index < -0.39 is 0 Å². The molecule has 9 rings (SSSR count). The number of aromatic nitrogens is 3. The van der Waals surface area contributed by atoms with Crippen LogP contribution in [0.2, 0.25) is 0 Å². The molecule has 0 aliphatic heterocycles. The van der Waals surface area contributed by atoms with Gasteiger partial charge in [-0.1, -0.05) is 130 Å². The van der Waals surface area contributed by atoms with Gasteiger partial charge in [0.2, 0.25) is 11.8 Å². The van der Waals surface area contributed by atoms with Gasteiger partial charge in [-0.15, -0.1) is 10.2 Å². The first-order chi connectivity index (χ1) is 26.7. The van der Waals surface area contributed by atoms with Gasteiger partial charge in [0.1, 0.15) is 0 Å². The Morgan fingerprint density at radius 1 is 0.426 bits per heavy atom. The standard InChI is InChI=1S/C50H41N3O/c1-3-12-34-20-30-47-45(32-34)46-33-35(13-4-2)21-31-48(46)53(47)40-28-26-37(27-29-40)42-17-9-11-19-44(42)43-18-10-8-16-41(43)36-22-24-39(25-23-36)50-52-51-49(54-50)38-14-6-5-7-15-38/h5-11,14-33H,3-4,12-13H2,1-2H3. The molecule has 0 unspecified atom stereocenters. The molecule has 0 saturated carbocycles. The number of fused-ring (bicyclic) bond motifs is 3. The van der Waals surface area contributed by atoms with Gasteiger partial charge < -0.3 is 8.98 Å². The average Bonchev–Trinajstić information content (AvgIpc) is 3.85. The van der Waals surface area contributed by atoms with Crippen molar-refractivity contribution in [1.29, 1.82) is 0 Å². The topological polar surface area (TPSA) is 43.9 Å². The minimum Gasteiger partial charge on any atom is -0.416 e. The van der Waals surface area contributed by atoms with Crippen LogP contribution >= 0.6 is 0 Å². The first kappa shape index (κ1) is 33.3. The Hall–Kier alpha value is -6.52. The smallest absolute Gasteiger partial charge is 0.248 e. The Kier molecular flexibility index (Phi) is 8.94. The van der Waals surface area contributed by atoms with E-state index in [9.17, 15) is 0 Å². The maximum atomic E-state index is 6.04. The summed E-state index contributed by atoms with van der Waals surface area (Å²) in [5.74, 6) is 1.02. The summed E-state index contributed by atoms with van der Waals surface area (Å²) >= 11 is 0. The monoisotopic (exact) mass is 699 g/mol. The van der Waals surface area contributed by atoms with Gasteiger partial charge in [-0.3, -0.25) is 0 Å². The zero-order valence-electron chi connectivity index (χ0n) is 30.7. The molecule has 2 heterocycles. The van der Waals surface area contributed by atoms with Gasteiger partial charge in [0.15, 0.2) is 0 Å². The van der Waals surface area contributed by atoms with Gasteiger partial charge in [0, 0.05) is 27.6 Å². The molecule has 54 heavy (non-hydrogen) atoms. The Morgan fingerprint density at radius 3 is 1.35 bits per heavy atom. The fourth-order valence-corrected chi connectivity index (χ4v) is 7.84. The second kappa shape index (κ2) is 14.5. The second-order valence-corrected chi connectivity index (χ2v) is 14.0. The first-order valence-electron chi connectivity index (χ1n) is 19.0. The number of rotatable bonds is 10. The summed E-state index contributed by atoms with van der Waals surface area (Å²) in [6, 6.07) is 58.8. The highest BCUT2D eigenvalue weighted by molar-refractivity contribution is 6.09. The second-order valence-electron chi connectivity index (χ2n) is 14.0. The average molecular weight is 700 g/mol. The normalized spacial score (nSPS) is 11.4. The number of hydrogen-bond donors (Lipinski definition) is 0. The molecule has 262 valence electrons. The Morgan fingerprint density at radius 2 is 0.852 bits per heavy atom. The lowest BCUT2D eigenvalue weighted by atomic mass is 9.89. The van der Waals surface area contributed by atoms with Crippen LogP contribution in [0.1, 0.15) is 37.8 Å². The molecule has 0 fully saturated rings. The molecule has 4 nitrogen and oxygen atoms in total. The molecule has 0 N–H and O–H groups in total. The van der Waals surface area contributed by atoms with Crippen LogP contribution in [0.5, 0.6) is 0 Å². The van der Waals surface area contributed by atoms with E-state index in [2.05, 4.69) is 162 Å². The quantitative estimate of drug-likeness (QED) is 0.143. The molecule has 0 bridgehead atoms. The minimum atomic E-state index is 0.505. The van der Waals surface area contributed by atoms with E-state index in [4.69, 9.17) is 4.42 Å². The minimum absolute atomic E-state index is 0.505. The summed E-state index contributed by atoms with van der Waals surface area (Å²) < 4.78 is 8.47. The van der Waals surface area contributed by atoms with Crippen LogP contribution in [-0.4, -0.2) is 14.8 Å². The van der Waals surface area contributed by atoms with Crippen molar-refractivity contribution in [2.24, 2.45) is 0 Å². The number of nitrogens with zero attached hydrogens (tertiary/aromatic N) is 3. The molecule has 2 aromatic heterocycles. The lowest BCUT2D eigenvalue weighted by molar-refractivity contribution is 0.584. The Bertz CT molecular complexity index is 2660. The van der Waals surface area contributed by atoms with E-state index in [1.54, 1.807) is 0 Å². The van der Waals surface area contributed by atoms with Crippen molar-refractivity contribution >= 4 is 21.8 Å². The fraction of sp³-hybridized carbons (Fsp3) is 0.120. The van der Waals surface area contributed by atoms with Crippen molar-refractivity contribution in [3.05, 3.63) is 175 Å². The number of aryl methyl sites for hydroxylation is 2. The van der Waals surface area contributed by atoms with Crippen LogP contribution in [0.3, 0.4) is 0 Å². The summed E-state index contributed by atoms with van der Waals surface area (Å²) in [6.07, 6.45) is 4.47. The van der Waals surface area contributed by atoms with Gasteiger partial charge in [-0.25, -0.2) is 0 Å². The van der Waals surface area contributed by atoms with Gasteiger partial charge in [0.05, 0.1) is 11.0 Å². The molecule has 0 spiro atoms. The maximum Gasteiger partial charge on any atom is 0.248 e. The third-order valence-electron chi connectivity index (χ3n) is 10.4. The summed E-state index contributed by atoms with van der Waals surface area (Å²) in [5, 5.41) is 11.3. The van der Waals surface area contributed by atoms with Crippen LogP contribution in [0.4, 0.5) is 0 Å². The van der Waals surface area contributed by atoms with E-state index in [0.717, 1.165) is 42.4 Å². The van der Waals surface area contributed by atoms with Gasteiger partial charge in [-0.2, -0.15) is 0 Å². The van der Waals surface area contributed by atoms with Crippen molar-refractivity contribution in [3.63, 3.8) is 0 Å². The summed E-state index contributed by atoms with van der Waals surface area (Å²) in [5.41, 5.74) is 15.3. The third-order valence-corrected chi connectivity index (χ3v) is 10.4. The predicted octanol–water partition coefficient (Wildman–Crippen LogP) is 13.4. The predicted molar refractivity (Wildman–Crippen MR) is 224 cm³/mol. The largest absolute Gasteiger partial charge is 0.416 e. The molecule has 0 radical (unpaired) electrons. The molecule has 0 saturated heterocycles. The van der Waals surface area contributed by atoms with Crippen LogP contribution in [-0.2, 0) is 12.8 Å². The Balaban J connectivity index is 1.06. The van der Waals surface area contributed by atoms with Crippen molar-refractivity contribution in [3.8, 4) is 62.0 Å². The van der Waals surface area contributed by atoms with E-state index in [1.165, 1.54) is 66.4 Å². The fourth-order valence-electron chi connectivity index (χ4n) is 7.84. The highest BCUT2D eigenvalue weighted by Gasteiger charge is 2.17. The van der Waals surface area contributed by atoms with Crippen LogP contribution in [0.25, 0.3) is 83.8 Å². The summed E-state index contributed by atoms with van der Waals surface area (Å²) in [6.45, 7) is 4.50. The summed E-state index contributed by atoms with van der Waals surface area (Å²) in [4.78, 5) is 0. The molecule has 0 amide bonds. The van der Waals surface area contributed by atoms with E-state index in [0.29, 0.717) is 11.8 Å². The van der Waals surface area contributed by atoms with Crippen LogP contribution < -0.4 is 0 Å². The number of benzene rings is 7. The molecule has 7 aromatic carbocycles. The van der Waals surface area contributed by atoms with Crippen molar-refractivity contribution in [2.45, 2.75) is 39.5 Å². The molecular weight excluding hydrogens is 659 g/mol. The third kappa shape index (κ3) is 6.20. The molecule has 9 aromatic rings. The van der Waals surface area contributed by atoms with E-state index >= 15 is 0 Å². The molecular formula is C50H41N3O. The highest BCUT2D eigenvalue weighted by Crippen LogP contribution is 2.40. The van der Waals surface area contributed by atoms with Gasteiger partial charge in [-0.05, 0) is 118 Å². The zero-order chi connectivity index (χ0) is 36.4. The Labute approximate surface area is 316 Å².